The highest BCUT2D eigenvalue weighted by Crippen LogP contribution is 2.16. The number of hydrogen-bond acceptors (Lipinski definition) is 3. The molecule has 0 aromatic carbocycles. The molecule has 68 valence electrons. The van der Waals surface area contributed by atoms with Crippen LogP contribution in [0.3, 0.4) is 0 Å². The van der Waals surface area contributed by atoms with Crippen molar-refractivity contribution < 1.29 is 9.15 Å². The van der Waals surface area contributed by atoms with E-state index in [9.17, 15) is 0 Å². The van der Waals surface area contributed by atoms with E-state index in [0.717, 1.165) is 29.9 Å². The minimum Gasteiger partial charge on any atom is -0.467 e. The van der Waals surface area contributed by atoms with Crippen LogP contribution in [0.4, 0.5) is 0 Å². The fraction of sp³-hybridized carbons (Fsp3) is 0.500. The van der Waals surface area contributed by atoms with Crippen molar-refractivity contribution in [2.24, 2.45) is 0 Å². The maximum atomic E-state index is 5.19. The Morgan fingerprint density at radius 1 is 1.67 bits per heavy atom. The molecule has 1 N–H and O–H groups in total. The first-order chi connectivity index (χ1) is 5.84. The Kier molecular flexibility index (Phi) is 4.35. The van der Waals surface area contributed by atoms with E-state index in [4.69, 9.17) is 9.15 Å². The molecule has 4 heteroatoms. The summed E-state index contributed by atoms with van der Waals surface area (Å²) in [6.07, 6.45) is 1.66. The summed E-state index contributed by atoms with van der Waals surface area (Å²) < 4.78 is 11.1. The molecule has 0 spiro atoms. The SMILES string of the molecule is COCCNCc1occc1Br. The van der Waals surface area contributed by atoms with Crippen molar-refractivity contribution in [1.29, 1.82) is 0 Å². The third-order valence-electron chi connectivity index (χ3n) is 1.46. The lowest BCUT2D eigenvalue weighted by Gasteiger charge is -2.01. The Morgan fingerprint density at radius 3 is 3.08 bits per heavy atom. The van der Waals surface area contributed by atoms with Crippen molar-refractivity contribution in [1.82, 2.24) is 5.32 Å². The molecule has 1 aromatic heterocycles. The second-order valence-corrected chi connectivity index (χ2v) is 3.22. The lowest BCUT2D eigenvalue weighted by molar-refractivity contribution is 0.198. The predicted octanol–water partition coefficient (Wildman–Crippen LogP) is 1.78. The van der Waals surface area contributed by atoms with Crippen molar-refractivity contribution in [2.45, 2.75) is 6.54 Å². The number of nitrogens with one attached hydrogen (secondary N) is 1. The average Bonchev–Trinajstić information content (AvgIpc) is 2.46. The maximum absolute atomic E-state index is 5.19. The van der Waals surface area contributed by atoms with E-state index in [-0.39, 0.29) is 0 Å². The molecule has 12 heavy (non-hydrogen) atoms. The van der Waals surface area contributed by atoms with Gasteiger partial charge in [-0.1, -0.05) is 0 Å². The van der Waals surface area contributed by atoms with Crippen molar-refractivity contribution in [3.05, 3.63) is 22.6 Å². The van der Waals surface area contributed by atoms with Gasteiger partial charge in [-0.15, -0.1) is 0 Å². The van der Waals surface area contributed by atoms with Gasteiger partial charge in [0, 0.05) is 13.7 Å². The van der Waals surface area contributed by atoms with E-state index < -0.39 is 0 Å². The minimum absolute atomic E-state index is 0.721. The van der Waals surface area contributed by atoms with Crippen LogP contribution in [0.2, 0.25) is 0 Å². The smallest absolute Gasteiger partial charge is 0.131 e. The van der Waals surface area contributed by atoms with Crippen LogP contribution in [0.15, 0.2) is 21.2 Å². The Morgan fingerprint density at radius 2 is 2.50 bits per heavy atom. The highest BCUT2D eigenvalue weighted by Gasteiger charge is 2.00. The summed E-state index contributed by atoms with van der Waals surface area (Å²) in [6, 6.07) is 1.88. The van der Waals surface area contributed by atoms with E-state index in [1.165, 1.54) is 0 Å². The van der Waals surface area contributed by atoms with Gasteiger partial charge in [-0.25, -0.2) is 0 Å². The third kappa shape index (κ3) is 2.97. The summed E-state index contributed by atoms with van der Waals surface area (Å²) in [7, 11) is 1.69. The number of rotatable bonds is 5. The van der Waals surface area contributed by atoms with Crippen LogP contribution in [-0.4, -0.2) is 20.3 Å². The standard InChI is InChI=1S/C8H12BrNO2/c1-11-5-3-10-6-8-7(9)2-4-12-8/h2,4,10H,3,5-6H2,1H3. The van der Waals surface area contributed by atoms with Gasteiger partial charge in [0.15, 0.2) is 0 Å². The van der Waals surface area contributed by atoms with Gasteiger partial charge >= 0.3 is 0 Å². The van der Waals surface area contributed by atoms with Gasteiger partial charge in [-0.2, -0.15) is 0 Å². The zero-order chi connectivity index (χ0) is 8.81. The van der Waals surface area contributed by atoms with Crippen molar-refractivity contribution in [3.63, 3.8) is 0 Å². The predicted molar refractivity (Wildman–Crippen MR) is 50.0 cm³/mol. The molecular formula is C8H12BrNO2. The van der Waals surface area contributed by atoms with Gasteiger partial charge in [-0.05, 0) is 22.0 Å². The first-order valence-corrected chi connectivity index (χ1v) is 4.55. The molecule has 0 saturated heterocycles. The summed E-state index contributed by atoms with van der Waals surface area (Å²) in [5, 5.41) is 3.18. The molecule has 1 heterocycles. The fourth-order valence-electron chi connectivity index (χ4n) is 0.827. The summed E-state index contributed by atoms with van der Waals surface area (Å²) in [5.74, 6) is 0.922. The van der Waals surface area contributed by atoms with Gasteiger partial charge in [0.1, 0.15) is 5.76 Å². The van der Waals surface area contributed by atoms with Gasteiger partial charge in [0.2, 0.25) is 0 Å². The van der Waals surface area contributed by atoms with Gasteiger partial charge in [0.05, 0.1) is 23.9 Å². The van der Waals surface area contributed by atoms with Gasteiger partial charge in [-0.3, -0.25) is 0 Å². The summed E-state index contributed by atoms with van der Waals surface area (Å²) in [4.78, 5) is 0. The van der Waals surface area contributed by atoms with Crippen molar-refractivity contribution in [2.75, 3.05) is 20.3 Å². The zero-order valence-corrected chi connectivity index (χ0v) is 8.56. The van der Waals surface area contributed by atoms with E-state index in [1.54, 1.807) is 13.4 Å². The van der Waals surface area contributed by atoms with E-state index in [1.807, 2.05) is 6.07 Å². The van der Waals surface area contributed by atoms with Gasteiger partial charge in [0.25, 0.3) is 0 Å². The van der Waals surface area contributed by atoms with E-state index in [2.05, 4.69) is 21.2 Å². The number of hydrogen-bond donors (Lipinski definition) is 1. The minimum atomic E-state index is 0.721. The summed E-state index contributed by atoms with van der Waals surface area (Å²) >= 11 is 3.37. The maximum Gasteiger partial charge on any atom is 0.131 e. The van der Waals surface area contributed by atoms with Gasteiger partial charge < -0.3 is 14.5 Å². The Bertz CT molecular complexity index is 225. The van der Waals surface area contributed by atoms with Crippen LogP contribution < -0.4 is 5.32 Å². The normalized spacial score (nSPS) is 10.5. The molecule has 0 unspecified atom stereocenters. The summed E-state index contributed by atoms with van der Waals surface area (Å²) in [6.45, 7) is 2.29. The largest absolute Gasteiger partial charge is 0.467 e. The quantitative estimate of drug-likeness (QED) is 0.788. The first-order valence-electron chi connectivity index (χ1n) is 3.76. The van der Waals surface area contributed by atoms with E-state index >= 15 is 0 Å². The lowest BCUT2D eigenvalue weighted by Crippen LogP contribution is -2.18. The second-order valence-electron chi connectivity index (χ2n) is 2.36. The number of halogens is 1. The van der Waals surface area contributed by atoms with Crippen LogP contribution >= 0.6 is 15.9 Å². The molecule has 0 aliphatic heterocycles. The molecule has 0 saturated carbocycles. The Balaban J connectivity index is 2.20. The highest BCUT2D eigenvalue weighted by molar-refractivity contribution is 9.10. The number of methoxy groups -OCH3 is 1. The lowest BCUT2D eigenvalue weighted by atomic mass is 10.4. The zero-order valence-electron chi connectivity index (χ0n) is 6.97. The molecule has 0 aliphatic carbocycles. The van der Waals surface area contributed by atoms with Crippen LogP contribution in [0.25, 0.3) is 0 Å². The third-order valence-corrected chi connectivity index (χ3v) is 2.17. The molecule has 0 amide bonds. The topological polar surface area (TPSA) is 34.4 Å². The molecule has 1 rings (SSSR count). The molecule has 0 atom stereocenters. The molecule has 0 bridgehead atoms. The highest BCUT2D eigenvalue weighted by atomic mass is 79.9. The van der Waals surface area contributed by atoms with Crippen molar-refractivity contribution >= 4 is 15.9 Å². The number of ether oxygens (including phenoxy) is 1. The first kappa shape index (κ1) is 9.77. The molecule has 1 aromatic rings. The van der Waals surface area contributed by atoms with Crippen LogP contribution in [0.1, 0.15) is 5.76 Å². The average molecular weight is 234 g/mol. The number of furan rings is 1. The molecule has 0 aliphatic rings. The summed E-state index contributed by atoms with van der Waals surface area (Å²) in [5.41, 5.74) is 0. The van der Waals surface area contributed by atoms with Crippen LogP contribution in [-0.2, 0) is 11.3 Å². The fourth-order valence-corrected chi connectivity index (χ4v) is 1.17. The molecule has 0 radical (unpaired) electrons. The molecule has 0 fully saturated rings. The Labute approximate surface area is 80.2 Å². The van der Waals surface area contributed by atoms with Crippen LogP contribution in [0, 0.1) is 0 Å². The van der Waals surface area contributed by atoms with Crippen molar-refractivity contribution in [3.8, 4) is 0 Å². The van der Waals surface area contributed by atoms with Crippen LogP contribution in [0.5, 0.6) is 0 Å². The monoisotopic (exact) mass is 233 g/mol. The molecular weight excluding hydrogens is 222 g/mol. The molecule has 3 nitrogen and oxygen atoms in total. The Hall–Kier alpha value is -0.320. The second kappa shape index (κ2) is 5.35. The van der Waals surface area contributed by atoms with E-state index in [0.29, 0.717) is 0 Å².